The predicted octanol–water partition coefficient (Wildman–Crippen LogP) is 6.72. The molecule has 0 atom stereocenters. The van der Waals surface area contributed by atoms with Gasteiger partial charge in [0, 0.05) is 38.5 Å². The number of phenols is 1. The molecule has 3 N–H and O–H groups in total. The Morgan fingerprint density at radius 2 is 1.56 bits per heavy atom. The highest BCUT2D eigenvalue weighted by atomic mass is 16.3. The van der Waals surface area contributed by atoms with E-state index in [-0.39, 0.29) is 16.7 Å². The molecule has 1 amide bonds. The van der Waals surface area contributed by atoms with Crippen LogP contribution in [0.3, 0.4) is 0 Å². The van der Waals surface area contributed by atoms with Crippen molar-refractivity contribution in [3.8, 4) is 5.75 Å². The SMILES string of the molecule is CN(C)c1nc(N[C@H]2CC[C@@H](CNC(=O)CCc3cc(C(C)(C)C)c(O)c(C(C)(C)C)c3)CC2)nc2ccccc12. The molecule has 1 aromatic heterocycles. The van der Waals surface area contributed by atoms with E-state index in [0.717, 1.165) is 65.6 Å². The molecule has 0 unspecified atom stereocenters. The van der Waals surface area contributed by atoms with E-state index in [2.05, 4.69) is 70.4 Å². The summed E-state index contributed by atoms with van der Waals surface area (Å²) >= 11 is 0. The molecule has 4 rings (SSSR count). The van der Waals surface area contributed by atoms with Gasteiger partial charge in [-0.15, -0.1) is 0 Å². The monoisotopic (exact) mass is 559 g/mol. The number of benzene rings is 2. The maximum absolute atomic E-state index is 12.8. The number of nitrogens with zero attached hydrogens (tertiary/aromatic N) is 3. The zero-order valence-electron chi connectivity index (χ0n) is 26.3. The minimum Gasteiger partial charge on any atom is -0.507 e. The molecule has 7 nitrogen and oxygen atoms in total. The van der Waals surface area contributed by atoms with E-state index in [0.29, 0.717) is 36.5 Å². The van der Waals surface area contributed by atoms with Gasteiger partial charge >= 0.3 is 0 Å². The third kappa shape index (κ3) is 7.69. The lowest BCUT2D eigenvalue weighted by atomic mass is 9.78. The number of rotatable bonds is 8. The first-order valence-electron chi connectivity index (χ1n) is 15.1. The van der Waals surface area contributed by atoms with E-state index in [9.17, 15) is 9.90 Å². The molecular formula is C34H49N5O2. The maximum Gasteiger partial charge on any atom is 0.225 e. The third-order valence-electron chi connectivity index (χ3n) is 8.20. The van der Waals surface area contributed by atoms with Crippen molar-refractivity contribution in [2.24, 2.45) is 5.92 Å². The van der Waals surface area contributed by atoms with Gasteiger partial charge < -0.3 is 20.6 Å². The number of carbonyl (C=O) groups excluding carboxylic acids is 1. The summed E-state index contributed by atoms with van der Waals surface area (Å²) in [6.45, 7) is 13.4. The molecule has 1 aliphatic carbocycles. The molecule has 7 heteroatoms. The first kappa shape index (κ1) is 30.6. The number of hydrogen-bond donors (Lipinski definition) is 3. The number of anilines is 2. The molecule has 41 heavy (non-hydrogen) atoms. The van der Waals surface area contributed by atoms with E-state index in [1.54, 1.807) is 0 Å². The molecule has 0 bridgehead atoms. The summed E-state index contributed by atoms with van der Waals surface area (Å²) in [5, 5.41) is 18.8. The van der Waals surface area contributed by atoms with Crippen molar-refractivity contribution in [2.45, 2.75) is 96.9 Å². The summed E-state index contributed by atoms with van der Waals surface area (Å²) < 4.78 is 0. The first-order valence-corrected chi connectivity index (χ1v) is 15.1. The molecule has 1 saturated carbocycles. The zero-order chi connectivity index (χ0) is 29.9. The molecular weight excluding hydrogens is 510 g/mol. The van der Waals surface area contributed by atoms with Crippen molar-refractivity contribution in [3.05, 3.63) is 53.1 Å². The minimum atomic E-state index is -0.175. The number of phenolic OH excluding ortho intramolecular Hbond substituents is 1. The second-order valence-electron chi connectivity index (χ2n) is 14.0. The molecule has 0 aliphatic heterocycles. The van der Waals surface area contributed by atoms with Gasteiger partial charge in [0.05, 0.1) is 5.52 Å². The molecule has 3 aromatic rings. The van der Waals surface area contributed by atoms with Gasteiger partial charge in [-0.3, -0.25) is 4.79 Å². The molecule has 222 valence electrons. The van der Waals surface area contributed by atoms with Gasteiger partial charge in [-0.05, 0) is 77.7 Å². The van der Waals surface area contributed by atoms with Crippen LogP contribution < -0.4 is 15.5 Å². The van der Waals surface area contributed by atoms with Crippen molar-refractivity contribution in [1.82, 2.24) is 15.3 Å². The van der Waals surface area contributed by atoms with Gasteiger partial charge in [0.15, 0.2) is 0 Å². The van der Waals surface area contributed by atoms with Crippen LogP contribution in [0.25, 0.3) is 10.9 Å². The van der Waals surface area contributed by atoms with E-state index in [1.165, 1.54) is 0 Å². The second kappa shape index (κ2) is 12.3. The minimum absolute atomic E-state index is 0.0914. The highest BCUT2D eigenvalue weighted by Crippen LogP contribution is 2.40. The smallest absolute Gasteiger partial charge is 0.225 e. The number of aryl methyl sites for hydroxylation is 1. The van der Waals surface area contributed by atoms with Gasteiger partial charge in [0.1, 0.15) is 11.6 Å². The molecule has 1 heterocycles. The zero-order valence-corrected chi connectivity index (χ0v) is 26.3. The topological polar surface area (TPSA) is 90.4 Å². The summed E-state index contributed by atoms with van der Waals surface area (Å²) in [4.78, 5) is 24.4. The Labute approximate surface area is 246 Å². The summed E-state index contributed by atoms with van der Waals surface area (Å²) in [6, 6.07) is 12.6. The summed E-state index contributed by atoms with van der Waals surface area (Å²) in [5.41, 5.74) is 3.58. The van der Waals surface area contributed by atoms with Crippen LogP contribution in [0.1, 0.15) is 90.3 Å². The summed E-state index contributed by atoms with van der Waals surface area (Å²) in [7, 11) is 4.02. The Kier molecular flexibility index (Phi) is 9.15. The van der Waals surface area contributed by atoms with Crippen molar-refractivity contribution in [1.29, 1.82) is 0 Å². The average molecular weight is 560 g/mol. The van der Waals surface area contributed by atoms with Crippen LogP contribution in [0.4, 0.5) is 11.8 Å². The van der Waals surface area contributed by atoms with Crippen molar-refractivity contribution in [2.75, 3.05) is 30.9 Å². The quantitative estimate of drug-likeness (QED) is 0.284. The van der Waals surface area contributed by atoms with Crippen LogP contribution >= 0.6 is 0 Å². The Bertz CT molecular complexity index is 1330. The average Bonchev–Trinajstić information content (AvgIpc) is 2.90. The van der Waals surface area contributed by atoms with Gasteiger partial charge in [0.25, 0.3) is 0 Å². The number of nitrogens with one attached hydrogen (secondary N) is 2. The number of carbonyl (C=O) groups is 1. The molecule has 0 spiro atoms. The number of hydrogen-bond acceptors (Lipinski definition) is 6. The Morgan fingerprint density at radius 1 is 0.951 bits per heavy atom. The molecule has 0 saturated heterocycles. The number of aromatic nitrogens is 2. The molecule has 2 aromatic carbocycles. The number of aromatic hydroxyl groups is 1. The Balaban J connectivity index is 1.28. The lowest BCUT2D eigenvalue weighted by Gasteiger charge is -2.29. The van der Waals surface area contributed by atoms with E-state index in [4.69, 9.17) is 9.97 Å². The molecule has 1 fully saturated rings. The van der Waals surface area contributed by atoms with Crippen LogP contribution in [-0.4, -0.2) is 47.7 Å². The van der Waals surface area contributed by atoms with Crippen LogP contribution in [-0.2, 0) is 22.0 Å². The normalized spacial score (nSPS) is 17.9. The van der Waals surface area contributed by atoms with E-state index in [1.807, 2.05) is 37.2 Å². The van der Waals surface area contributed by atoms with Crippen LogP contribution in [0.5, 0.6) is 5.75 Å². The van der Waals surface area contributed by atoms with Gasteiger partial charge in [-0.25, -0.2) is 4.98 Å². The molecule has 0 radical (unpaired) electrons. The fraction of sp³-hybridized carbons (Fsp3) is 0.559. The van der Waals surface area contributed by atoms with E-state index < -0.39 is 0 Å². The Morgan fingerprint density at radius 3 is 2.15 bits per heavy atom. The summed E-state index contributed by atoms with van der Waals surface area (Å²) in [6.07, 6.45) is 5.30. The lowest BCUT2D eigenvalue weighted by Crippen LogP contribution is -2.34. The number of para-hydroxylation sites is 1. The largest absolute Gasteiger partial charge is 0.507 e. The standard InChI is InChI=1S/C34H49N5O2/c1-33(2,3)26-19-23(20-27(30(26)41)34(4,5)6)15-18-29(40)35-21-22-13-16-24(17-14-22)36-32-37-28-12-10-9-11-25(28)31(38-32)39(7)8/h9-12,19-20,22,24,41H,13-18,21H2,1-8H3,(H,35,40)(H,36,37,38)/t22-,24+. The third-order valence-corrected chi connectivity index (χ3v) is 8.20. The van der Waals surface area contributed by atoms with Crippen LogP contribution in [0.2, 0.25) is 0 Å². The van der Waals surface area contributed by atoms with Crippen LogP contribution in [0, 0.1) is 5.92 Å². The maximum atomic E-state index is 12.8. The Hall–Kier alpha value is -3.35. The van der Waals surface area contributed by atoms with Gasteiger partial charge in [-0.2, -0.15) is 4.98 Å². The second-order valence-corrected chi connectivity index (χ2v) is 14.0. The van der Waals surface area contributed by atoms with Crippen molar-refractivity contribution >= 4 is 28.6 Å². The summed E-state index contributed by atoms with van der Waals surface area (Å²) in [5.74, 6) is 2.57. The molecule has 1 aliphatic rings. The fourth-order valence-corrected chi connectivity index (χ4v) is 5.75. The number of fused-ring (bicyclic) bond motifs is 1. The fourth-order valence-electron chi connectivity index (χ4n) is 5.75. The van der Waals surface area contributed by atoms with Crippen molar-refractivity contribution < 1.29 is 9.90 Å². The highest BCUT2D eigenvalue weighted by Gasteiger charge is 2.27. The lowest BCUT2D eigenvalue weighted by molar-refractivity contribution is -0.121. The van der Waals surface area contributed by atoms with E-state index >= 15 is 0 Å². The van der Waals surface area contributed by atoms with Gasteiger partial charge in [-0.1, -0.05) is 65.8 Å². The van der Waals surface area contributed by atoms with Crippen LogP contribution in [0.15, 0.2) is 36.4 Å². The predicted molar refractivity (Wildman–Crippen MR) is 170 cm³/mol. The number of amides is 1. The highest BCUT2D eigenvalue weighted by molar-refractivity contribution is 5.90. The van der Waals surface area contributed by atoms with Gasteiger partial charge in [0.2, 0.25) is 11.9 Å². The first-order chi connectivity index (χ1) is 19.2. The van der Waals surface area contributed by atoms with Crippen molar-refractivity contribution in [3.63, 3.8) is 0 Å².